The molecule has 0 radical (unpaired) electrons. The smallest absolute Gasteiger partial charge is 0.336 e. The summed E-state index contributed by atoms with van der Waals surface area (Å²) in [5.74, 6) is 1.11. The molecule has 20 heteroatoms. The van der Waals surface area contributed by atoms with Crippen LogP contribution in [0.5, 0.6) is 0 Å². The number of hydrogen-bond acceptors (Lipinski definition) is 19. The van der Waals surface area contributed by atoms with E-state index in [1.165, 1.54) is 25.4 Å². The van der Waals surface area contributed by atoms with Gasteiger partial charge in [0.2, 0.25) is 0 Å². The van der Waals surface area contributed by atoms with Crippen LogP contribution in [0.25, 0.3) is 0 Å². The van der Waals surface area contributed by atoms with Crippen molar-refractivity contribution in [3.05, 3.63) is 109 Å². The number of nitrogens with zero attached hydrogens (tertiary/aromatic N) is 3. The van der Waals surface area contributed by atoms with Crippen molar-refractivity contribution in [2.24, 2.45) is 32.5 Å². The van der Waals surface area contributed by atoms with Crippen molar-refractivity contribution < 1.29 is 81.7 Å². The highest BCUT2D eigenvalue weighted by Crippen LogP contribution is 2.27. The van der Waals surface area contributed by atoms with Crippen molar-refractivity contribution in [1.29, 1.82) is 5.26 Å². The summed E-state index contributed by atoms with van der Waals surface area (Å²) >= 11 is 0. The van der Waals surface area contributed by atoms with E-state index in [2.05, 4.69) is 88.5 Å². The predicted molar refractivity (Wildman–Crippen MR) is 412 cm³/mol. The molecule has 0 bridgehead atoms. The summed E-state index contributed by atoms with van der Waals surface area (Å²) in [6, 6.07) is 1.83. The monoisotopic (exact) mass is 1440 g/mol. The van der Waals surface area contributed by atoms with E-state index >= 15 is 0 Å². The van der Waals surface area contributed by atoms with Crippen molar-refractivity contribution in [3.63, 3.8) is 0 Å². The van der Waals surface area contributed by atoms with E-state index < -0.39 is 36.3 Å². The number of aliphatic hydroxyl groups is 3. The first kappa shape index (κ1) is 111. The zero-order chi connectivity index (χ0) is 82.8. The summed E-state index contributed by atoms with van der Waals surface area (Å²) in [4.78, 5) is 83.4. The number of carbonyl (C=O) groups is 7. The van der Waals surface area contributed by atoms with Gasteiger partial charge in [-0.05, 0) is 133 Å². The minimum atomic E-state index is -0.855. The standard InChI is InChI=1S/2C10H18O3.C10H18O.C10H16O.2C9H16O3.C8H11FN2.C8H13NO.C8H14O/c1-6-13-9(12)7(2)8(11)10(3,4)5;1-5-12-9(11)7-6-8-13-10(2,3)4;1-8(2)6-9(11)7-10(3,4)5;1-6-8(2)9(11)7-10(3,4)5;1-7(10)12-6-8(11)5-9(2,3)4;1-5-11-9(10)8(4)6-12-7(2)3;1-8(2,3)6-4-10-7(9)11-5-6;1-6(5-9)7(10)8(2,3)4;1-5-6-7(9)8(2,3)4/h8,11H,2,6H2,1,3-5H3;6-7H,5,8H2,1-4H3;6H,7H2,1-5H3;1,9,11H,2,7H2,3-5H3;5-6H2,1-4H3;7H,4-6H2,1-3H3;4-5H,1-3H3;7,10H,1H2,2-4H3;5-6H,1-4H3/b;7-6+;;;;;;;6-5+. The normalized spacial score (nSPS) is 12.1. The number of aromatic nitrogens is 2. The number of aliphatic hydroxyl groups excluding tert-OH is 3. The highest BCUT2D eigenvalue weighted by molar-refractivity contribution is 5.94. The fourth-order valence-electron chi connectivity index (χ4n) is 6.25. The Morgan fingerprint density at radius 2 is 1.07 bits per heavy atom. The van der Waals surface area contributed by atoms with E-state index in [-0.39, 0.29) is 103 Å². The lowest BCUT2D eigenvalue weighted by Gasteiger charge is -2.26. The molecule has 0 fully saturated rings. The molecule has 3 atom stereocenters. The highest BCUT2D eigenvalue weighted by atomic mass is 19.1. The van der Waals surface area contributed by atoms with E-state index in [0.717, 1.165) is 11.1 Å². The quantitative estimate of drug-likeness (QED) is 0.0257. The Hall–Kier alpha value is -7.07. The Labute approximate surface area is 617 Å². The predicted octanol–water partition coefficient (Wildman–Crippen LogP) is 17.0. The number of Topliss-reactive ketones (excluding diaryl/α,β-unsaturated/α-hetero) is 1. The lowest BCUT2D eigenvalue weighted by molar-refractivity contribution is -0.146. The van der Waals surface area contributed by atoms with E-state index in [1.807, 2.05) is 165 Å². The number of rotatable bonds is 21. The third-order valence-corrected chi connectivity index (χ3v) is 11.5. The van der Waals surface area contributed by atoms with Gasteiger partial charge < -0.3 is 43.7 Å². The molecule has 1 aromatic heterocycles. The van der Waals surface area contributed by atoms with Crippen LogP contribution in [-0.2, 0) is 67.4 Å². The van der Waals surface area contributed by atoms with E-state index in [9.17, 15) is 53.3 Å². The Kier molecular flexibility index (Phi) is 60.3. The molecule has 0 amide bonds. The van der Waals surface area contributed by atoms with E-state index in [1.54, 1.807) is 45.1 Å². The number of allylic oxidation sites excluding steroid dienone is 4. The fraction of sp³-hybridized carbons (Fsp3) is 0.659. The van der Waals surface area contributed by atoms with Crippen LogP contribution in [0.4, 0.5) is 4.39 Å². The first-order valence-electron chi connectivity index (χ1n) is 34.3. The summed E-state index contributed by atoms with van der Waals surface area (Å²) in [6.45, 7) is 78.9. The summed E-state index contributed by atoms with van der Waals surface area (Å²) in [7, 11) is 0. The minimum absolute atomic E-state index is 0.00625. The molecule has 0 spiro atoms. The molecule has 3 N–H and O–H groups in total. The summed E-state index contributed by atoms with van der Waals surface area (Å²) in [5, 5.41) is 36.8. The van der Waals surface area contributed by atoms with Crippen molar-refractivity contribution in [3.8, 4) is 18.4 Å². The Bertz CT molecular complexity index is 2820. The molecular weight excluding hydrogens is 1300 g/mol. The average molecular weight is 1440 g/mol. The number of carbonyl (C=O) groups excluding carboxylic acids is 7. The molecule has 0 aliphatic heterocycles. The number of esters is 4. The lowest BCUT2D eigenvalue weighted by atomic mass is 9.85. The van der Waals surface area contributed by atoms with Crippen molar-refractivity contribution in [2.45, 2.75) is 283 Å². The van der Waals surface area contributed by atoms with Crippen LogP contribution in [0.3, 0.4) is 0 Å². The molecule has 0 aromatic carbocycles. The zero-order valence-corrected chi connectivity index (χ0v) is 69.5. The van der Waals surface area contributed by atoms with Crippen LogP contribution >= 0.6 is 0 Å². The van der Waals surface area contributed by atoms with Gasteiger partial charge in [-0.25, -0.2) is 24.4 Å². The van der Waals surface area contributed by atoms with Gasteiger partial charge in [-0.3, -0.25) is 19.2 Å². The fourth-order valence-corrected chi connectivity index (χ4v) is 6.25. The first-order valence-corrected chi connectivity index (χ1v) is 34.3. The van der Waals surface area contributed by atoms with Gasteiger partial charge in [0.25, 0.3) is 0 Å². The highest BCUT2D eigenvalue weighted by Gasteiger charge is 2.29. The topological polar surface area (TPSA) is 285 Å². The summed E-state index contributed by atoms with van der Waals surface area (Å²) in [5.41, 5.74) is 2.33. The van der Waals surface area contributed by atoms with Crippen LogP contribution in [-0.4, -0.2) is 136 Å². The Morgan fingerprint density at radius 3 is 1.37 bits per heavy atom. The maximum Gasteiger partial charge on any atom is 0.336 e. The number of terminal acetylenes is 1. The second-order valence-corrected chi connectivity index (χ2v) is 32.7. The molecule has 0 aliphatic rings. The van der Waals surface area contributed by atoms with Gasteiger partial charge in [-0.2, -0.15) is 9.65 Å². The number of halogens is 1. The van der Waals surface area contributed by atoms with Crippen molar-refractivity contribution in [1.82, 2.24) is 9.97 Å². The molecular formula is C82H140FN3O16. The Morgan fingerprint density at radius 1 is 0.627 bits per heavy atom. The second-order valence-electron chi connectivity index (χ2n) is 32.7. The van der Waals surface area contributed by atoms with Gasteiger partial charge in [0.05, 0.1) is 85.8 Å². The van der Waals surface area contributed by atoms with Crippen LogP contribution in [0.15, 0.2) is 97.0 Å². The molecule has 0 saturated heterocycles. The van der Waals surface area contributed by atoms with Gasteiger partial charge in [0.1, 0.15) is 6.61 Å². The van der Waals surface area contributed by atoms with Gasteiger partial charge in [-0.1, -0.05) is 195 Å². The van der Waals surface area contributed by atoms with Gasteiger partial charge in [0, 0.05) is 49.2 Å². The minimum Gasteiger partial charge on any atom is -0.463 e. The molecule has 3 unspecified atom stereocenters. The molecule has 1 aromatic rings. The van der Waals surface area contributed by atoms with Crippen LogP contribution in [0.1, 0.15) is 253 Å². The number of ether oxygens (including phenoxy) is 6. The average Bonchev–Trinajstić information content (AvgIpc) is 0.874. The molecule has 19 nitrogen and oxygen atoms in total. The number of nitriles is 1. The van der Waals surface area contributed by atoms with Gasteiger partial charge in [0.15, 0.2) is 17.3 Å². The third kappa shape index (κ3) is 78.6. The first-order chi connectivity index (χ1) is 45.7. The maximum absolute atomic E-state index is 12.3. The maximum atomic E-state index is 12.3. The lowest BCUT2D eigenvalue weighted by Crippen LogP contribution is -2.31. The largest absolute Gasteiger partial charge is 0.463 e. The molecule has 1 rings (SSSR count). The number of hydrogen-bond donors (Lipinski definition) is 3. The molecule has 0 saturated carbocycles. The summed E-state index contributed by atoms with van der Waals surface area (Å²) < 4.78 is 41.5. The van der Waals surface area contributed by atoms with E-state index in [4.69, 9.17) is 35.4 Å². The Balaban J connectivity index is -0.000000163. The van der Waals surface area contributed by atoms with Gasteiger partial charge >= 0.3 is 30.0 Å². The van der Waals surface area contributed by atoms with Crippen molar-refractivity contribution >= 4 is 41.2 Å². The number of ketones is 3. The summed E-state index contributed by atoms with van der Waals surface area (Å²) in [6.07, 6.45) is 15.3. The zero-order valence-electron chi connectivity index (χ0n) is 69.5. The molecule has 586 valence electrons. The molecule has 102 heavy (non-hydrogen) atoms. The van der Waals surface area contributed by atoms with Crippen LogP contribution < -0.4 is 0 Å². The van der Waals surface area contributed by atoms with Crippen molar-refractivity contribution in [2.75, 3.05) is 39.6 Å². The van der Waals surface area contributed by atoms with Crippen LogP contribution in [0, 0.1) is 62.2 Å². The van der Waals surface area contributed by atoms with E-state index in [0.29, 0.717) is 56.8 Å². The SMILES string of the molecule is C#CC(=C)C(O)CC(C)(C)C.C/C=C/C(=O)C(C)(C)C.C=C(C#N)C(O)C(C)(C)C.C=C(C(=O)OCC)C(O)C(C)(C)C.C=C(COC(C)C)C(=O)OCC.CC(=O)OCC(=O)CC(C)(C)C.CC(C)(C)c1cnc(F)nc1.CC(C)=CC(=O)CC(C)(C)C.CCOC(=O)/C=C/COC(C)(C)C. The molecule has 0 aliphatic carbocycles. The molecule has 1 heterocycles. The second kappa shape index (κ2) is 55.5. The van der Waals surface area contributed by atoms with Gasteiger partial charge in [-0.15, -0.1) is 6.42 Å². The third-order valence-electron chi connectivity index (χ3n) is 11.5. The van der Waals surface area contributed by atoms with Crippen LogP contribution in [0.2, 0.25) is 0 Å².